The van der Waals surface area contributed by atoms with E-state index in [2.05, 4.69) is 253 Å². The minimum atomic E-state index is -0.173. The third-order valence-corrected chi connectivity index (χ3v) is 13.4. The summed E-state index contributed by atoms with van der Waals surface area (Å²) in [5, 5.41) is 0.704. The highest BCUT2D eigenvalue weighted by atomic mass is 79.9. The van der Waals surface area contributed by atoms with E-state index in [0.29, 0.717) is 5.02 Å². The van der Waals surface area contributed by atoms with Gasteiger partial charge >= 0.3 is 0 Å². The van der Waals surface area contributed by atoms with Crippen molar-refractivity contribution < 1.29 is 0 Å². The van der Waals surface area contributed by atoms with Gasteiger partial charge in [-0.15, -0.1) is 0 Å². The van der Waals surface area contributed by atoms with Crippen molar-refractivity contribution >= 4 is 84.8 Å². The lowest BCUT2D eigenvalue weighted by Gasteiger charge is -2.45. The fourth-order valence-electron chi connectivity index (χ4n) is 9.64. The average Bonchev–Trinajstić information content (AvgIpc) is 3.32. The summed E-state index contributed by atoms with van der Waals surface area (Å²) >= 11 is 11.0. The summed E-state index contributed by atoms with van der Waals surface area (Å²) in [6, 6.07) is 75.2. The second kappa shape index (κ2) is 15.6. The molecule has 5 heteroatoms. The van der Waals surface area contributed by atoms with Gasteiger partial charge in [-0.2, -0.15) is 0 Å². The minimum absolute atomic E-state index is 0.0639. The lowest BCUT2D eigenvalue weighted by Crippen LogP contribution is -2.61. The van der Waals surface area contributed by atoms with Crippen LogP contribution >= 0.6 is 27.5 Å². The summed E-state index contributed by atoms with van der Waals surface area (Å²) in [6.07, 6.45) is 0. The number of hydrogen-bond donors (Lipinski definition) is 0. The summed E-state index contributed by atoms with van der Waals surface area (Å²) in [4.78, 5) is 5.03. The second-order valence-electron chi connectivity index (χ2n) is 17.7. The van der Waals surface area contributed by atoms with Gasteiger partial charge in [-0.3, -0.25) is 0 Å². The Balaban J connectivity index is 1.24. The quantitative estimate of drug-likeness (QED) is 0.154. The number of benzene rings is 9. The van der Waals surface area contributed by atoms with Gasteiger partial charge in [0.1, 0.15) is 0 Å². The number of hydrogen-bond acceptors (Lipinski definition) is 2. The maximum Gasteiger partial charge on any atom is 0.252 e. The van der Waals surface area contributed by atoms with Crippen molar-refractivity contribution in [3.05, 3.63) is 221 Å². The van der Waals surface area contributed by atoms with E-state index in [4.69, 9.17) is 11.6 Å². The zero-order valence-corrected chi connectivity index (χ0v) is 37.7. The normalized spacial score (nSPS) is 12.7. The van der Waals surface area contributed by atoms with E-state index in [1.807, 2.05) is 0 Å². The minimum Gasteiger partial charge on any atom is -0.311 e. The first-order valence-electron chi connectivity index (χ1n) is 21.6. The van der Waals surface area contributed by atoms with Crippen molar-refractivity contribution in [1.29, 1.82) is 0 Å². The van der Waals surface area contributed by atoms with Crippen molar-refractivity contribution in [3.63, 3.8) is 0 Å². The molecule has 0 saturated heterocycles. The van der Waals surface area contributed by atoms with Gasteiger partial charge in [0.2, 0.25) is 0 Å². The van der Waals surface area contributed by atoms with Gasteiger partial charge in [-0.1, -0.05) is 188 Å². The van der Waals surface area contributed by atoms with E-state index in [-0.39, 0.29) is 12.1 Å². The van der Waals surface area contributed by atoms with Gasteiger partial charge in [0.25, 0.3) is 6.71 Å². The number of halogens is 2. The molecular weight excluding hydrogens is 851 g/mol. The van der Waals surface area contributed by atoms with Crippen LogP contribution in [-0.4, -0.2) is 6.71 Å². The van der Waals surface area contributed by atoms with Crippen LogP contribution in [-0.2, 0) is 5.41 Å². The fourth-order valence-corrected chi connectivity index (χ4v) is 10.2. The maximum atomic E-state index is 7.07. The SMILES string of the molecule is CC(C)(C)c1cc2c3c(c1)N(c1ccc(-c4ccccc4)cc1-c1ccccc1)c1ccc(Br)cc1B3c1ccc(Cl)cc1N2c1cc(-c2ccccc2)cc(-c2ccccc2)c1. The van der Waals surface area contributed by atoms with Crippen LogP contribution in [0.5, 0.6) is 0 Å². The Kier molecular flexibility index (Phi) is 9.75. The molecular formula is C58H43BBrClN2. The molecule has 0 radical (unpaired) electrons. The summed E-state index contributed by atoms with van der Waals surface area (Å²) in [7, 11) is 0. The largest absolute Gasteiger partial charge is 0.311 e. The third-order valence-electron chi connectivity index (χ3n) is 12.7. The van der Waals surface area contributed by atoms with Gasteiger partial charge < -0.3 is 9.80 Å². The van der Waals surface area contributed by atoms with E-state index < -0.39 is 0 Å². The van der Waals surface area contributed by atoms with Crippen LogP contribution in [0.25, 0.3) is 44.5 Å². The molecule has 0 spiro atoms. The molecule has 0 bridgehead atoms. The summed E-state index contributed by atoms with van der Waals surface area (Å²) < 4.78 is 1.04. The van der Waals surface area contributed by atoms with Crippen LogP contribution < -0.4 is 26.2 Å². The first kappa shape index (κ1) is 39.3. The third kappa shape index (κ3) is 6.99. The van der Waals surface area contributed by atoms with Crippen LogP contribution in [0.2, 0.25) is 5.02 Å². The van der Waals surface area contributed by atoms with E-state index >= 15 is 0 Å². The van der Waals surface area contributed by atoms with Gasteiger partial charge in [-0.05, 0) is 133 Å². The Hall–Kier alpha value is -6.59. The lowest BCUT2D eigenvalue weighted by atomic mass is 9.33. The predicted molar refractivity (Wildman–Crippen MR) is 274 cm³/mol. The molecule has 0 atom stereocenters. The zero-order chi connectivity index (χ0) is 42.8. The molecule has 11 rings (SSSR count). The first-order chi connectivity index (χ1) is 30.7. The molecule has 0 unspecified atom stereocenters. The number of anilines is 6. The number of rotatable bonds is 6. The van der Waals surface area contributed by atoms with E-state index in [1.165, 1.54) is 61.0 Å². The van der Waals surface area contributed by atoms with E-state index in [0.717, 1.165) is 44.0 Å². The summed E-state index contributed by atoms with van der Waals surface area (Å²) in [5.41, 5.74) is 20.9. The fraction of sp³-hybridized carbons (Fsp3) is 0.0690. The first-order valence-corrected chi connectivity index (χ1v) is 22.8. The van der Waals surface area contributed by atoms with Gasteiger partial charge in [0.05, 0.1) is 5.69 Å². The Morgan fingerprint density at radius 1 is 0.413 bits per heavy atom. The van der Waals surface area contributed by atoms with Gasteiger partial charge in [0, 0.05) is 43.5 Å². The van der Waals surface area contributed by atoms with Crippen LogP contribution in [0.15, 0.2) is 211 Å². The van der Waals surface area contributed by atoms with Gasteiger partial charge in [-0.25, -0.2) is 0 Å². The molecule has 63 heavy (non-hydrogen) atoms. The highest BCUT2D eigenvalue weighted by molar-refractivity contribution is 9.10. The molecule has 0 aliphatic carbocycles. The maximum absolute atomic E-state index is 7.07. The lowest BCUT2D eigenvalue weighted by molar-refractivity contribution is 0.590. The average molecular weight is 894 g/mol. The Morgan fingerprint density at radius 2 is 0.952 bits per heavy atom. The molecule has 2 aliphatic rings. The Labute approximate surface area is 384 Å². The molecule has 9 aromatic carbocycles. The molecule has 0 amide bonds. The number of fused-ring (bicyclic) bond motifs is 4. The highest BCUT2D eigenvalue weighted by Gasteiger charge is 2.44. The van der Waals surface area contributed by atoms with Crippen molar-refractivity contribution in [2.24, 2.45) is 0 Å². The molecule has 0 aromatic heterocycles. The molecule has 0 N–H and O–H groups in total. The van der Waals surface area contributed by atoms with Crippen molar-refractivity contribution in [2.45, 2.75) is 26.2 Å². The topological polar surface area (TPSA) is 6.48 Å². The monoisotopic (exact) mass is 892 g/mol. The van der Waals surface area contributed by atoms with Crippen LogP contribution in [0.1, 0.15) is 26.3 Å². The molecule has 2 aliphatic heterocycles. The van der Waals surface area contributed by atoms with Crippen LogP contribution in [0, 0.1) is 0 Å². The smallest absolute Gasteiger partial charge is 0.252 e. The Bertz CT molecular complexity index is 3130. The molecule has 0 saturated carbocycles. The van der Waals surface area contributed by atoms with Gasteiger partial charge in [0.15, 0.2) is 0 Å². The van der Waals surface area contributed by atoms with Crippen LogP contribution in [0.3, 0.4) is 0 Å². The van der Waals surface area contributed by atoms with Crippen molar-refractivity contribution in [1.82, 2.24) is 0 Å². The standard InChI is InChI=1S/C58H43BBrClN2/c1-58(2,3)45-34-55-57-56(35-45)63(52-28-24-42(38-16-8-4-9-17-38)33-49(52)41-22-14-7-15-23-41)53-29-25-46(60)36-51(53)59(57)50-27-26-47(61)37-54(50)62(55)48-31-43(39-18-10-5-11-19-39)30-44(32-48)40-20-12-6-13-21-40/h4-37H,1-3H3. The second-order valence-corrected chi connectivity index (χ2v) is 19.0. The van der Waals surface area contributed by atoms with Crippen LogP contribution in [0.4, 0.5) is 34.1 Å². The van der Waals surface area contributed by atoms with E-state index in [1.54, 1.807) is 0 Å². The zero-order valence-electron chi connectivity index (χ0n) is 35.4. The van der Waals surface area contributed by atoms with Crippen molar-refractivity contribution in [3.8, 4) is 44.5 Å². The van der Waals surface area contributed by atoms with Crippen molar-refractivity contribution in [2.75, 3.05) is 9.80 Å². The summed E-state index contributed by atoms with van der Waals surface area (Å²) in [6.45, 7) is 6.90. The molecule has 0 fully saturated rings. The molecule has 302 valence electrons. The predicted octanol–water partition coefficient (Wildman–Crippen LogP) is 15.2. The molecule has 9 aromatic rings. The Morgan fingerprint density at radius 3 is 1.54 bits per heavy atom. The highest BCUT2D eigenvalue weighted by Crippen LogP contribution is 2.50. The molecule has 2 heterocycles. The van der Waals surface area contributed by atoms with E-state index in [9.17, 15) is 0 Å². The molecule has 2 nitrogen and oxygen atoms in total. The number of nitrogens with zero attached hydrogens (tertiary/aromatic N) is 2. The summed E-state index contributed by atoms with van der Waals surface area (Å²) in [5.74, 6) is 0.